The summed E-state index contributed by atoms with van der Waals surface area (Å²) < 4.78 is 0. The minimum Gasteiger partial charge on any atom is -0.481 e. The van der Waals surface area contributed by atoms with E-state index in [-0.39, 0.29) is 17.9 Å². The van der Waals surface area contributed by atoms with Crippen LogP contribution in [0.5, 0.6) is 0 Å². The number of aliphatic carboxylic acids is 1. The van der Waals surface area contributed by atoms with Crippen molar-refractivity contribution in [2.45, 2.75) is 45.1 Å². The zero-order valence-corrected chi connectivity index (χ0v) is 12.4. The van der Waals surface area contributed by atoms with Crippen LogP contribution in [0.3, 0.4) is 0 Å². The van der Waals surface area contributed by atoms with Crippen LogP contribution >= 0.6 is 0 Å². The molecule has 2 rings (SSSR count). The van der Waals surface area contributed by atoms with E-state index in [1.165, 1.54) is 5.56 Å². The number of benzene rings is 1. The molecule has 1 amide bonds. The predicted octanol–water partition coefficient (Wildman–Crippen LogP) is 2.62. The molecule has 0 radical (unpaired) electrons. The molecule has 4 heteroatoms. The molecule has 1 aliphatic carbocycles. The average Bonchev–Trinajstić information content (AvgIpc) is 3.27. The number of carbonyl (C=O) groups excluding carboxylic acids is 1. The highest BCUT2D eigenvalue weighted by molar-refractivity contribution is 5.89. The van der Waals surface area contributed by atoms with Gasteiger partial charge < -0.3 is 10.4 Å². The summed E-state index contributed by atoms with van der Waals surface area (Å²) >= 11 is 0. The summed E-state index contributed by atoms with van der Waals surface area (Å²) in [5, 5.41) is 11.9. The van der Waals surface area contributed by atoms with Crippen molar-refractivity contribution in [3.05, 3.63) is 35.9 Å². The third kappa shape index (κ3) is 4.59. The van der Waals surface area contributed by atoms with Crippen molar-refractivity contribution >= 4 is 11.9 Å². The first-order chi connectivity index (χ1) is 10.1. The van der Waals surface area contributed by atoms with E-state index in [1.54, 1.807) is 0 Å². The maximum Gasteiger partial charge on any atom is 0.307 e. The van der Waals surface area contributed by atoms with E-state index < -0.39 is 11.9 Å². The lowest BCUT2D eigenvalue weighted by atomic mass is 10.0. The maximum absolute atomic E-state index is 12.0. The van der Waals surface area contributed by atoms with Crippen molar-refractivity contribution < 1.29 is 14.7 Å². The molecular weight excluding hydrogens is 266 g/mol. The minimum absolute atomic E-state index is 0.0890. The molecule has 0 aromatic heterocycles. The molecule has 0 spiro atoms. The molecule has 1 aromatic carbocycles. The second-order valence-corrected chi connectivity index (χ2v) is 5.81. The van der Waals surface area contributed by atoms with Crippen LogP contribution in [0.4, 0.5) is 0 Å². The number of hydrogen-bond acceptors (Lipinski definition) is 2. The number of aryl methyl sites for hydroxylation is 1. The topological polar surface area (TPSA) is 66.4 Å². The molecule has 1 fully saturated rings. The van der Waals surface area contributed by atoms with Crippen LogP contribution in [0.2, 0.25) is 0 Å². The summed E-state index contributed by atoms with van der Waals surface area (Å²) in [5.41, 5.74) is 1.27. The zero-order chi connectivity index (χ0) is 15.2. The molecule has 1 aromatic rings. The minimum atomic E-state index is -0.855. The number of amides is 1. The number of carboxylic acids is 1. The van der Waals surface area contributed by atoms with E-state index >= 15 is 0 Å². The molecular formula is C17H23NO3. The van der Waals surface area contributed by atoms with Crippen LogP contribution in [0, 0.1) is 11.8 Å². The second kappa shape index (κ2) is 7.25. The monoisotopic (exact) mass is 289 g/mol. The van der Waals surface area contributed by atoms with Gasteiger partial charge in [-0.05, 0) is 31.2 Å². The van der Waals surface area contributed by atoms with Gasteiger partial charge in [0.1, 0.15) is 0 Å². The number of nitrogens with one attached hydrogen (secondary N) is 1. The Hall–Kier alpha value is -1.84. The Bertz CT molecular complexity index is 486. The first kappa shape index (κ1) is 15.5. The Kier molecular flexibility index (Phi) is 5.37. The van der Waals surface area contributed by atoms with Crippen molar-refractivity contribution in [2.75, 3.05) is 0 Å². The highest BCUT2D eigenvalue weighted by Gasteiger charge is 2.48. The van der Waals surface area contributed by atoms with Crippen molar-refractivity contribution in [3.8, 4) is 0 Å². The van der Waals surface area contributed by atoms with Crippen molar-refractivity contribution in [3.63, 3.8) is 0 Å². The molecule has 0 bridgehead atoms. The van der Waals surface area contributed by atoms with Crippen molar-refractivity contribution in [1.82, 2.24) is 5.32 Å². The number of carboxylic acid groups (broad SMARTS) is 1. The van der Waals surface area contributed by atoms with E-state index in [0.29, 0.717) is 6.42 Å². The van der Waals surface area contributed by atoms with Gasteiger partial charge in [0.05, 0.1) is 11.8 Å². The fourth-order valence-electron chi connectivity index (χ4n) is 2.69. The molecule has 21 heavy (non-hydrogen) atoms. The molecule has 0 saturated heterocycles. The molecule has 0 aliphatic heterocycles. The van der Waals surface area contributed by atoms with Crippen LogP contribution in [-0.4, -0.2) is 23.0 Å². The summed E-state index contributed by atoms with van der Waals surface area (Å²) in [6.07, 6.45) is 4.25. The number of rotatable bonds is 8. The molecule has 1 saturated carbocycles. The van der Waals surface area contributed by atoms with Gasteiger partial charge in [-0.25, -0.2) is 0 Å². The Morgan fingerprint density at radius 1 is 1.24 bits per heavy atom. The lowest BCUT2D eigenvalue weighted by Crippen LogP contribution is -2.36. The Morgan fingerprint density at radius 3 is 2.52 bits per heavy atom. The quantitative estimate of drug-likeness (QED) is 0.773. The van der Waals surface area contributed by atoms with Gasteiger partial charge in [0.15, 0.2) is 0 Å². The SMILES string of the molecule is CCCC(CCc1ccccc1)NC(=O)C1CC1C(=O)O. The number of carbonyl (C=O) groups is 2. The van der Waals surface area contributed by atoms with Crippen molar-refractivity contribution in [2.24, 2.45) is 11.8 Å². The van der Waals surface area contributed by atoms with Gasteiger partial charge in [-0.15, -0.1) is 0 Å². The Balaban J connectivity index is 1.82. The molecule has 114 valence electrons. The van der Waals surface area contributed by atoms with Crippen LogP contribution in [-0.2, 0) is 16.0 Å². The van der Waals surface area contributed by atoms with Gasteiger partial charge in [0.2, 0.25) is 5.91 Å². The lowest BCUT2D eigenvalue weighted by Gasteiger charge is -2.18. The molecule has 0 heterocycles. The lowest BCUT2D eigenvalue weighted by molar-refractivity contribution is -0.140. The van der Waals surface area contributed by atoms with E-state index in [0.717, 1.165) is 25.7 Å². The Morgan fingerprint density at radius 2 is 1.95 bits per heavy atom. The van der Waals surface area contributed by atoms with Crippen LogP contribution in [0.1, 0.15) is 38.2 Å². The highest BCUT2D eigenvalue weighted by atomic mass is 16.4. The van der Waals surface area contributed by atoms with Gasteiger partial charge in [0, 0.05) is 6.04 Å². The maximum atomic E-state index is 12.0. The third-order valence-electron chi connectivity index (χ3n) is 4.05. The van der Waals surface area contributed by atoms with Crippen molar-refractivity contribution in [1.29, 1.82) is 0 Å². The highest BCUT2D eigenvalue weighted by Crippen LogP contribution is 2.38. The molecule has 3 unspecified atom stereocenters. The smallest absolute Gasteiger partial charge is 0.307 e. The van der Waals surface area contributed by atoms with Gasteiger partial charge in [0.25, 0.3) is 0 Å². The fourth-order valence-corrected chi connectivity index (χ4v) is 2.69. The average molecular weight is 289 g/mol. The standard InChI is InChI=1S/C17H23NO3/c1-2-6-13(10-9-12-7-4-3-5-8-12)18-16(19)14-11-15(14)17(20)21/h3-5,7-8,13-15H,2,6,9-11H2,1H3,(H,18,19)(H,20,21). The summed E-state index contributed by atoms with van der Waals surface area (Å²) in [5.74, 6) is -1.74. The second-order valence-electron chi connectivity index (χ2n) is 5.81. The van der Waals surface area contributed by atoms with E-state index in [4.69, 9.17) is 5.11 Å². The third-order valence-corrected chi connectivity index (χ3v) is 4.05. The summed E-state index contributed by atoms with van der Waals surface area (Å²) in [7, 11) is 0. The largest absolute Gasteiger partial charge is 0.481 e. The van der Waals surface area contributed by atoms with Crippen LogP contribution in [0.15, 0.2) is 30.3 Å². The predicted molar refractivity (Wildman–Crippen MR) is 80.8 cm³/mol. The van der Waals surface area contributed by atoms with E-state index in [2.05, 4.69) is 24.4 Å². The first-order valence-corrected chi connectivity index (χ1v) is 7.69. The van der Waals surface area contributed by atoms with Gasteiger partial charge in [-0.1, -0.05) is 43.7 Å². The summed E-state index contributed by atoms with van der Waals surface area (Å²) in [4.78, 5) is 22.9. The molecule has 4 nitrogen and oxygen atoms in total. The van der Waals surface area contributed by atoms with Gasteiger partial charge in [-0.3, -0.25) is 9.59 Å². The zero-order valence-electron chi connectivity index (χ0n) is 12.4. The molecule has 2 N–H and O–H groups in total. The number of hydrogen-bond donors (Lipinski definition) is 2. The fraction of sp³-hybridized carbons (Fsp3) is 0.529. The molecule has 1 aliphatic rings. The Labute approximate surface area is 125 Å². The van der Waals surface area contributed by atoms with E-state index in [9.17, 15) is 9.59 Å². The van der Waals surface area contributed by atoms with Crippen LogP contribution < -0.4 is 5.32 Å². The summed E-state index contributed by atoms with van der Waals surface area (Å²) in [6.45, 7) is 2.10. The normalized spacial score (nSPS) is 21.6. The van der Waals surface area contributed by atoms with Gasteiger partial charge >= 0.3 is 5.97 Å². The van der Waals surface area contributed by atoms with Crippen LogP contribution in [0.25, 0.3) is 0 Å². The van der Waals surface area contributed by atoms with Gasteiger partial charge in [-0.2, -0.15) is 0 Å². The first-order valence-electron chi connectivity index (χ1n) is 7.69. The molecule has 3 atom stereocenters. The van der Waals surface area contributed by atoms with E-state index in [1.807, 2.05) is 18.2 Å². The summed E-state index contributed by atoms with van der Waals surface area (Å²) in [6, 6.07) is 10.3.